The van der Waals surface area contributed by atoms with Crippen LogP contribution in [0.25, 0.3) is 0 Å². The van der Waals surface area contributed by atoms with Crippen molar-refractivity contribution >= 4 is 17.6 Å². The molecular weight excluding hydrogens is 180 g/mol. The topological polar surface area (TPSA) is 57.5 Å². The van der Waals surface area contributed by atoms with Crippen LogP contribution < -0.4 is 0 Å². The van der Waals surface area contributed by atoms with E-state index in [9.17, 15) is 9.90 Å². The molecule has 0 bridgehead atoms. The highest BCUT2D eigenvalue weighted by atomic mass is 35.5. The Morgan fingerprint density at radius 2 is 2.08 bits per heavy atom. The maximum absolute atomic E-state index is 10.5. The highest BCUT2D eigenvalue weighted by Crippen LogP contribution is 2.26. The highest BCUT2D eigenvalue weighted by molar-refractivity contribution is 6.34. The van der Waals surface area contributed by atoms with Gasteiger partial charge < -0.3 is 10.2 Å². The van der Waals surface area contributed by atoms with E-state index in [0.717, 1.165) is 5.56 Å². The van der Waals surface area contributed by atoms with Gasteiger partial charge in [0.05, 0.1) is 5.02 Å². The van der Waals surface area contributed by atoms with Crippen LogP contribution in [0, 0.1) is 6.92 Å². The Hall–Kier alpha value is -1.22. The van der Waals surface area contributed by atoms with Gasteiger partial charge in [-0.2, -0.15) is 0 Å². The number of aromatic carboxylic acids is 1. The van der Waals surface area contributed by atoms with Gasteiger partial charge in [0.15, 0.2) is 0 Å². The van der Waals surface area contributed by atoms with Crippen LogP contribution in [0.4, 0.5) is 0 Å². The standard InChI is InChI=1S/C8H7ClO3/c1-4-2-5(9)7(8(11)12)6(10)3-4/h2-3,10H,1H3,(H,11,12). The molecule has 0 saturated carbocycles. The smallest absolute Gasteiger partial charge is 0.341 e. The lowest BCUT2D eigenvalue weighted by Crippen LogP contribution is -1.98. The lowest BCUT2D eigenvalue weighted by molar-refractivity contribution is 0.0694. The van der Waals surface area contributed by atoms with Crippen molar-refractivity contribution < 1.29 is 15.0 Å². The van der Waals surface area contributed by atoms with E-state index in [1.807, 2.05) is 0 Å². The first kappa shape index (κ1) is 8.87. The van der Waals surface area contributed by atoms with Crippen molar-refractivity contribution in [2.45, 2.75) is 6.92 Å². The summed E-state index contributed by atoms with van der Waals surface area (Å²) < 4.78 is 0. The molecule has 64 valence electrons. The van der Waals surface area contributed by atoms with Crippen molar-refractivity contribution in [2.24, 2.45) is 0 Å². The molecule has 3 nitrogen and oxygen atoms in total. The largest absolute Gasteiger partial charge is 0.507 e. The van der Waals surface area contributed by atoms with Gasteiger partial charge in [-0.15, -0.1) is 0 Å². The molecule has 1 aromatic carbocycles. The molecule has 0 heterocycles. The zero-order valence-electron chi connectivity index (χ0n) is 6.34. The fraction of sp³-hybridized carbons (Fsp3) is 0.125. The number of halogens is 1. The number of benzene rings is 1. The molecule has 0 fully saturated rings. The number of hydrogen-bond donors (Lipinski definition) is 2. The van der Waals surface area contributed by atoms with Gasteiger partial charge in [-0.3, -0.25) is 0 Å². The third-order valence-corrected chi connectivity index (χ3v) is 1.73. The van der Waals surface area contributed by atoms with Crippen LogP contribution in [0.3, 0.4) is 0 Å². The molecular formula is C8H7ClO3. The van der Waals surface area contributed by atoms with E-state index in [2.05, 4.69) is 0 Å². The molecule has 1 aromatic rings. The average Bonchev–Trinajstić information content (AvgIpc) is 1.82. The molecule has 0 atom stereocenters. The van der Waals surface area contributed by atoms with E-state index < -0.39 is 5.97 Å². The van der Waals surface area contributed by atoms with Gasteiger partial charge in [0, 0.05) is 0 Å². The number of aromatic hydroxyl groups is 1. The molecule has 0 aliphatic rings. The lowest BCUT2D eigenvalue weighted by Gasteiger charge is -2.02. The van der Waals surface area contributed by atoms with Crippen molar-refractivity contribution in [3.63, 3.8) is 0 Å². The Bertz CT molecular complexity index is 310. The summed E-state index contributed by atoms with van der Waals surface area (Å²) in [6.45, 7) is 1.72. The number of carbonyl (C=O) groups is 1. The van der Waals surface area contributed by atoms with Gasteiger partial charge in [-0.05, 0) is 24.6 Å². The van der Waals surface area contributed by atoms with Crippen LogP contribution in [0.1, 0.15) is 15.9 Å². The summed E-state index contributed by atoms with van der Waals surface area (Å²) in [5.74, 6) is -1.52. The molecule has 0 spiro atoms. The third-order valence-electron chi connectivity index (χ3n) is 1.43. The molecule has 12 heavy (non-hydrogen) atoms. The summed E-state index contributed by atoms with van der Waals surface area (Å²) in [5.41, 5.74) is 0.477. The van der Waals surface area contributed by atoms with Crippen LogP contribution in [0.2, 0.25) is 5.02 Å². The second kappa shape index (κ2) is 3.03. The van der Waals surface area contributed by atoms with Crippen molar-refractivity contribution in [3.05, 3.63) is 28.3 Å². The summed E-state index contributed by atoms with van der Waals surface area (Å²) >= 11 is 5.59. The predicted octanol–water partition coefficient (Wildman–Crippen LogP) is 2.05. The van der Waals surface area contributed by atoms with Gasteiger partial charge in [-0.25, -0.2) is 4.79 Å². The number of carboxylic acids is 1. The molecule has 0 radical (unpaired) electrons. The van der Waals surface area contributed by atoms with Gasteiger partial charge in [0.1, 0.15) is 11.3 Å². The van der Waals surface area contributed by atoms with Crippen LogP contribution in [0.5, 0.6) is 5.75 Å². The Balaban J connectivity index is 3.38. The molecule has 0 aromatic heterocycles. The number of aryl methyl sites for hydroxylation is 1. The maximum Gasteiger partial charge on any atom is 0.341 e. The fourth-order valence-electron chi connectivity index (χ4n) is 0.936. The number of phenols is 1. The van der Waals surface area contributed by atoms with Crippen LogP contribution in [-0.4, -0.2) is 16.2 Å². The van der Waals surface area contributed by atoms with E-state index in [1.165, 1.54) is 12.1 Å². The van der Waals surface area contributed by atoms with E-state index >= 15 is 0 Å². The first-order valence-corrected chi connectivity index (χ1v) is 3.62. The number of carboxylic acid groups (broad SMARTS) is 1. The first-order valence-electron chi connectivity index (χ1n) is 3.25. The minimum atomic E-state index is -1.22. The van der Waals surface area contributed by atoms with Crippen molar-refractivity contribution in [3.8, 4) is 5.75 Å². The number of rotatable bonds is 1. The van der Waals surface area contributed by atoms with E-state index in [1.54, 1.807) is 6.92 Å². The molecule has 2 N–H and O–H groups in total. The minimum absolute atomic E-state index is 0.0556. The zero-order chi connectivity index (χ0) is 9.30. The second-order valence-electron chi connectivity index (χ2n) is 2.45. The normalized spacial score (nSPS) is 9.83. The van der Waals surface area contributed by atoms with Gasteiger partial charge in [0.2, 0.25) is 0 Å². The highest BCUT2D eigenvalue weighted by Gasteiger charge is 2.14. The van der Waals surface area contributed by atoms with Gasteiger partial charge in [0.25, 0.3) is 0 Å². The number of hydrogen-bond acceptors (Lipinski definition) is 2. The second-order valence-corrected chi connectivity index (χ2v) is 2.85. The summed E-state index contributed by atoms with van der Waals surface area (Å²) in [6.07, 6.45) is 0. The molecule has 0 aliphatic carbocycles. The Morgan fingerprint density at radius 3 is 2.50 bits per heavy atom. The van der Waals surface area contributed by atoms with E-state index in [-0.39, 0.29) is 16.3 Å². The van der Waals surface area contributed by atoms with Crippen LogP contribution in [0.15, 0.2) is 12.1 Å². The van der Waals surface area contributed by atoms with Crippen molar-refractivity contribution in [1.29, 1.82) is 0 Å². The van der Waals surface area contributed by atoms with Gasteiger partial charge >= 0.3 is 5.97 Å². The van der Waals surface area contributed by atoms with Crippen LogP contribution >= 0.6 is 11.6 Å². The fourth-order valence-corrected chi connectivity index (χ4v) is 1.29. The molecule has 0 saturated heterocycles. The third kappa shape index (κ3) is 1.51. The van der Waals surface area contributed by atoms with Crippen molar-refractivity contribution in [2.75, 3.05) is 0 Å². The van der Waals surface area contributed by atoms with Crippen molar-refractivity contribution in [1.82, 2.24) is 0 Å². The summed E-state index contributed by atoms with van der Waals surface area (Å²) in [7, 11) is 0. The Labute approximate surface area is 74.2 Å². The zero-order valence-corrected chi connectivity index (χ0v) is 7.09. The Morgan fingerprint density at radius 1 is 1.50 bits per heavy atom. The lowest BCUT2D eigenvalue weighted by atomic mass is 10.1. The summed E-state index contributed by atoms with van der Waals surface area (Å²) in [6, 6.07) is 2.85. The molecule has 0 aliphatic heterocycles. The monoisotopic (exact) mass is 186 g/mol. The molecule has 1 rings (SSSR count). The maximum atomic E-state index is 10.5. The quantitative estimate of drug-likeness (QED) is 0.706. The summed E-state index contributed by atoms with van der Waals surface area (Å²) in [5, 5.41) is 17.8. The van der Waals surface area contributed by atoms with E-state index in [4.69, 9.17) is 16.7 Å². The predicted molar refractivity (Wildman–Crippen MR) is 44.8 cm³/mol. The van der Waals surface area contributed by atoms with Crippen LogP contribution in [-0.2, 0) is 0 Å². The van der Waals surface area contributed by atoms with Gasteiger partial charge in [-0.1, -0.05) is 11.6 Å². The molecule has 4 heteroatoms. The van der Waals surface area contributed by atoms with E-state index in [0.29, 0.717) is 0 Å². The average molecular weight is 187 g/mol. The summed E-state index contributed by atoms with van der Waals surface area (Å²) in [4.78, 5) is 10.5. The molecule has 0 amide bonds. The first-order chi connectivity index (χ1) is 5.52. The SMILES string of the molecule is Cc1cc(O)c(C(=O)O)c(Cl)c1. The Kier molecular flexibility index (Phi) is 2.24. The minimum Gasteiger partial charge on any atom is -0.507 e. The molecule has 0 unspecified atom stereocenters.